The molecule has 0 aliphatic carbocycles. The van der Waals surface area contributed by atoms with Crippen LogP contribution in [-0.4, -0.2) is 96.0 Å². The largest absolute Gasteiger partial charge is 0.462 e. The van der Waals surface area contributed by atoms with Gasteiger partial charge < -0.3 is 34.3 Å². The third-order valence-corrected chi connectivity index (χ3v) is 11.0. The number of ether oxygens (including phenoxy) is 4. The fraction of sp³-hybridized carbons (Fsp3) is 0.680. The Kier molecular flexibility index (Phi) is 36.0. The van der Waals surface area contributed by atoms with Gasteiger partial charge in [0.2, 0.25) is 0 Å². The maximum absolute atomic E-state index is 12.8. The summed E-state index contributed by atoms with van der Waals surface area (Å²) < 4.78 is 54.1. The van der Waals surface area contributed by atoms with Crippen LogP contribution in [-0.2, 0) is 38.7 Å². The molecule has 0 saturated carbocycles. The number of hydrogen-bond acceptors (Lipinski definition) is 11. The van der Waals surface area contributed by atoms with Gasteiger partial charge in [0.1, 0.15) is 36.8 Å². The number of carbonyl (C=O) groups excluding carboxylic acids is 2. The van der Waals surface area contributed by atoms with Crippen molar-refractivity contribution < 1.29 is 56.8 Å². The lowest BCUT2D eigenvalue weighted by Crippen LogP contribution is -2.60. The molecule has 0 spiro atoms. The summed E-state index contributed by atoms with van der Waals surface area (Å²) in [5.74, 6) is -2.08. The van der Waals surface area contributed by atoms with Crippen molar-refractivity contribution in [3.63, 3.8) is 0 Å². The van der Waals surface area contributed by atoms with E-state index in [9.17, 15) is 37.9 Å². The maximum atomic E-state index is 12.8. The molecule has 1 rings (SSSR count). The highest BCUT2D eigenvalue weighted by Gasteiger charge is 2.46. The molecule has 1 saturated heterocycles. The number of rotatable bonds is 38. The van der Waals surface area contributed by atoms with E-state index in [0.29, 0.717) is 19.3 Å². The standard InChI is InChI=1S/C50H82O12S/c1-3-5-7-9-11-13-15-17-19-21-23-24-26-28-30-32-34-36-38-45(51)59-40-43(41-60-50-49(55)48(54)47(53)44(62-50)42-63(56,57)58)61-46(52)39-37-35-33-31-29-27-25-22-20-18-16-14-12-10-8-6-4-2/h6,8,12-15,18-21,25,27,31,33,43-44,47-50,53-55H,3-5,7,9-11,16-17,22-24,26,28-30,32,34-42H2,1-2H3,(H,56,57,58)/b8-6-,14-12-,15-13-,20-18-,21-19-,27-25-,33-31-. The average molecular weight is 907 g/mol. The van der Waals surface area contributed by atoms with Crippen LogP contribution >= 0.6 is 0 Å². The van der Waals surface area contributed by atoms with Crippen LogP contribution in [0, 0.1) is 0 Å². The van der Waals surface area contributed by atoms with Crippen molar-refractivity contribution in [2.75, 3.05) is 19.0 Å². The Morgan fingerprint density at radius 2 is 1.02 bits per heavy atom. The molecule has 1 fully saturated rings. The van der Waals surface area contributed by atoms with E-state index in [4.69, 9.17) is 18.9 Å². The molecule has 0 aromatic heterocycles. The molecule has 0 radical (unpaired) electrons. The molecule has 1 heterocycles. The van der Waals surface area contributed by atoms with Gasteiger partial charge in [-0.1, -0.05) is 150 Å². The van der Waals surface area contributed by atoms with E-state index in [1.54, 1.807) is 0 Å². The molecule has 360 valence electrons. The molecule has 13 heteroatoms. The predicted molar refractivity (Wildman–Crippen MR) is 251 cm³/mol. The van der Waals surface area contributed by atoms with Crippen molar-refractivity contribution in [3.05, 3.63) is 85.1 Å². The van der Waals surface area contributed by atoms with Crippen molar-refractivity contribution in [1.29, 1.82) is 0 Å². The summed E-state index contributed by atoms with van der Waals surface area (Å²) >= 11 is 0. The van der Waals surface area contributed by atoms with Crippen LogP contribution in [0.3, 0.4) is 0 Å². The van der Waals surface area contributed by atoms with Crippen LogP contribution in [0.15, 0.2) is 85.1 Å². The minimum atomic E-state index is -4.62. The number of carbonyl (C=O) groups is 2. The van der Waals surface area contributed by atoms with Crippen molar-refractivity contribution in [1.82, 2.24) is 0 Å². The number of esters is 2. The smallest absolute Gasteiger partial charge is 0.306 e. The average Bonchev–Trinajstić information content (AvgIpc) is 3.25. The summed E-state index contributed by atoms with van der Waals surface area (Å²) in [6, 6.07) is 0. The summed E-state index contributed by atoms with van der Waals surface area (Å²) in [4.78, 5) is 25.4. The molecule has 0 amide bonds. The SMILES string of the molecule is CC/C=C\C/C=C\C/C=C\C/C=C\C/C=C\CCCC(=O)OC(COC(=O)CCCCCCCCC/C=C\C/C=C\CCCCCC)COC1OC(CS(=O)(=O)O)C(O)C(O)C1O. The maximum Gasteiger partial charge on any atom is 0.306 e. The van der Waals surface area contributed by atoms with E-state index in [2.05, 4.69) is 86.8 Å². The first-order chi connectivity index (χ1) is 30.5. The molecule has 63 heavy (non-hydrogen) atoms. The molecule has 1 aliphatic heterocycles. The van der Waals surface area contributed by atoms with E-state index in [1.807, 2.05) is 12.2 Å². The zero-order valence-corrected chi connectivity index (χ0v) is 39.2. The molecular weight excluding hydrogens is 825 g/mol. The van der Waals surface area contributed by atoms with Gasteiger partial charge in [0.05, 0.1) is 6.61 Å². The lowest BCUT2D eigenvalue weighted by molar-refractivity contribution is -0.297. The normalized spacial score (nSPS) is 20.5. The van der Waals surface area contributed by atoms with Gasteiger partial charge in [-0.15, -0.1) is 0 Å². The highest BCUT2D eigenvalue weighted by atomic mass is 32.2. The summed E-state index contributed by atoms with van der Waals surface area (Å²) in [7, 11) is -4.62. The summed E-state index contributed by atoms with van der Waals surface area (Å²) in [5, 5.41) is 30.9. The van der Waals surface area contributed by atoms with Crippen LogP contribution in [0.25, 0.3) is 0 Å². The lowest BCUT2D eigenvalue weighted by atomic mass is 10.00. The van der Waals surface area contributed by atoms with E-state index in [0.717, 1.165) is 70.6 Å². The van der Waals surface area contributed by atoms with Gasteiger partial charge in [0, 0.05) is 12.8 Å². The van der Waals surface area contributed by atoms with Gasteiger partial charge in [-0.2, -0.15) is 8.42 Å². The molecule has 1 aliphatic rings. The van der Waals surface area contributed by atoms with E-state index in [1.165, 1.54) is 44.9 Å². The second-order valence-corrected chi connectivity index (χ2v) is 17.5. The molecule has 12 nitrogen and oxygen atoms in total. The molecule has 0 bridgehead atoms. The van der Waals surface area contributed by atoms with Crippen LogP contribution in [0.4, 0.5) is 0 Å². The van der Waals surface area contributed by atoms with Crippen molar-refractivity contribution in [2.24, 2.45) is 0 Å². The first-order valence-electron chi connectivity index (χ1n) is 23.6. The zero-order valence-electron chi connectivity index (χ0n) is 38.4. The van der Waals surface area contributed by atoms with Crippen LogP contribution in [0.1, 0.15) is 162 Å². The quantitative estimate of drug-likeness (QED) is 0.0199. The first kappa shape index (κ1) is 57.8. The Morgan fingerprint density at radius 1 is 0.556 bits per heavy atom. The Bertz CT molecular complexity index is 1480. The lowest BCUT2D eigenvalue weighted by Gasteiger charge is -2.40. The Balaban J connectivity index is 2.48. The highest BCUT2D eigenvalue weighted by Crippen LogP contribution is 2.24. The van der Waals surface area contributed by atoms with Gasteiger partial charge in [-0.05, 0) is 83.5 Å². The number of unbranched alkanes of at least 4 members (excludes halogenated alkanes) is 12. The number of hydrogen-bond donors (Lipinski definition) is 4. The Morgan fingerprint density at radius 3 is 1.54 bits per heavy atom. The Labute approximate surface area is 380 Å². The van der Waals surface area contributed by atoms with Gasteiger partial charge in [0.25, 0.3) is 10.1 Å². The predicted octanol–water partition coefficient (Wildman–Crippen LogP) is 10.1. The number of aliphatic hydroxyl groups excluding tert-OH is 3. The van der Waals surface area contributed by atoms with E-state index < -0.39 is 71.2 Å². The van der Waals surface area contributed by atoms with Crippen LogP contribution < -0.4 is 0 Å². The van der Waals surface area contributed by atoms with Gasteiger partial charge in [-0.3, -0.25) is 14.1 Å². The molecule has 6 unspecified atom stereocenters. The van der Waals surface area contributed by atoms with E-state index in [-0.39, 0.29) is 19.4 Å². The topological polar surface area (TPSA) is 186 Å². The summed E-state index contributed by atoms with van der Waals surface area (Å²) in [5.41, 5.74) is 0. The molecule has 0 aromatic carbocycles. The van der Waals surface area contributed by atoms with Crippen molar-refractivity contribution in [2.45, 2.75) is 198 Å². The van der Waals surface area contributed by atoms with Crippen molar-refractivity contribution in [3.8, 4) is 0 Å². The van der Waals surface area contributed by atoms with Gasteiger partial charge in [-0.25, -0.2) is 0 Å². The van der Waals surface area contributed by atoms with Crippen LogP contribution in [0.5, 0.6) is 0 Å². The van der Waals surface area contributed by atoms with Gasteiger partial charge >= 0.3 is 11.9 Å². The molecule has 4 N–H and O–H groups in total. The molecular formula is C50H82O12S. The van der Waals surface area contributed by atoms with Gasteiger partial charge in [0.15, 0.2) is 12.4 Å². The third kappa shape index (κ3) is 33.9. The minimum absolute atomic E-state index is 0.0796. The summed E-state index contributed by atoms with van der Waals surface area (Å²) in [6.07, 6.45) is 42.0. The monoisotopic (exact) mass is 907 g/mol. The molecule has 0 aromatic rings. The second-order valence-electron chi connectivity index (χ2n) is 16.0. The Hall–Kier alpha value is -3.17. The second kappa shape index (κ2) is 39.2. The molecule has 6 atom stereocenters. The van der Waals surface area contributed by atoms with E-state index >= 15 is 0 Å². The number of allylic oxidation sites excluding steroid dienone is 14. The number of aliphatic hydroxyl groups is 3. The van der Waals surface area contributed by atoms with Crippen molar-refractivity contribution >= 4 is 22.1 Å². The van der Waals surface area contributed by atoms with Crippen LogP contribution in [0.2, 0.25) is 0 Å². The first-order valence-corrected chi connectivity index (χ1v) is 25.3. The fourth-order valence-corrected chi connectivity index (χ4v) is 7.26. The highest BCUT2D eigenvalue weighted by molar-refractivity contribution is 7.85. The summed E-state index contributed by atoms with van der Waals surface area (Å²) in [6.45, 7) is 3.57. The zero-order chi connectivity index (χ0) is 46.2. The third-order valence-electron chi connectivity index (χ3n) is 10.2. The minimum Gasteiger partial charge on any atom is -0.462 e. The fourth-order valence-electron chi connectivity index (χ4n) is 6.56.